The van der Waals surface area contributed by atoms with Crippen LogP contribution >= 0.6 is 23.2 Å². The van der Waals surface area contributed by atoms with E-state index in [1.165, 1.54) is 25.2 Å². The first-order valence-corrected chi connectivity index (χ1v) is 8.97. The topological polar surface area (TPSA) is 84.5 Å². The fourth-order valence-electron chi connectivity index (χ4n) is 1.71. The van der Waals surface area contributed by atoms with Crippen molar-refractivity contribution in [1.82, 2.24) is 5.32 Å². The molecule has 1 amide bonds. The molecule has 0 saturated heterocycles. The number of sulfonamides is 1. The molecule has 2 rings (SSSR count). The molecule has 0 aliphatic heterocycles. The van der Waals surface area contributed by atoms with Gasteiger partial charge in [0.25, 0.3) is 15.9 Å². The van der Waals surface area contributed by atoms with Crippen LogP contribution in [0.1, 0.15) is 0 Å². The Morgan fingerprint density at radius 3 is 2.38 bits per heavy atom. The Balaban J connectivity index is 2.17. The van der Waals surface area contributed by atoms with Crippen molar-refractivity contribution in [3.8, 4) is 5.75 Å². The maximum atomic E-state index is 12.4. The minimum Gasteiger partial charge on any atom is -0.482 e. The number of carbonyl (C=O) groups is 1. The van der Waals surface area contributed by atoms with Crippen molar-refractivity contribution in [2.45, 2.75) is 4.90 Å². The lowest BCUT2D eigenvalue weighted by molar-refractivity contribution is -0.122. The zero-order valence-corrected chi connectivity index (χ0v) is 14.9. The van der Waals surface area contributed by atoms with Crippen LogP contribution in [0.5, 0.6) is 5.75 Å². The second kappa shape index (κ2) is 7.74. The standard InChI is InChI=1S/C15H14Cl2N2O4S/c1-18-15(20)9-23-14-7-6-12(8-13(14)17)24(21,22)19-11-4-2-10(16)3-5-11/h2-8,19H,9H2,1H3,(H,18,20). The van der Waals surface area contributed by atoms with E-state index in [0.717, 1.165) is 0 Å². The van der Waals surface area contributed by atoms with Crippen molar-refractivity contribution in [2.75, 3.05) is 18.4 Å². The number of anilines is 1. The van der Waals surface area contributed by atoms with Crippen LogP contribution in [0.3, 0.4) is 0 Å². The number of nitrogens with one attached hydrogen (secondary N) is 2. The fraction of sp³-hybridized carbons (Fsp3) is 0.133. The molecular formula is C15H14Cl2N2O4S. The van der Waals surface area contributed by atoms with E-state index >= 15 is 0 Å². The van der Waals surface area contributed by atoms with Crippen LogP contribution in [0.2, 0.25) is 10.0 Å². The van der Waals surface area contributed by atoms with Crippen LogP contribution in [0.4, 0.5) is 5.69 Å². The average Bonchev–Trinajstić information content (AvgIpc) is 2.55. The number of halogens is 2. The molecule has 2 aromatic carbocycles. The Bertz CT molecular complexity index is 839. The van der Waals surface area contributed by atoms with Gasteiger partial charge in [-0.2, -0.15) is 0 Å². The summed E-state index contributed by atoms with van der Waals surface area (Å²) in [4.78, 5) is 11.1. The molecule has 6 nitrogen and oxygen atoms in total. The molecule has 0 aromatic heterocycles. The molecule has 128 valence electrons. The van der Waals surface area contributed by atoms with Crippen molar-refractivity contribution in [3.05, 3.63) is 52.5 Å². The molecule has 0 unspecified atom stereocenters. The molecule has 0 heterocycles. The number of hydrogen-bond donors (Lipinski definition) is 2. The number of ether oxygens (including phenoxy) is 1. The third-order valence-corrected chi connectivity index (χ3v) is 4.87. The summed E-state index contributed by atoms with van der Waals surface area (Å²) in [5.41, 5.74) is 0.371. The minimum absolute atomic E-state index is 0.0326. The Morgan fingerprint density at radius 2 is 1.79 bits per heavy atom. The summed E-state index contributed by atoms with van der Waals surface area (Å²) >= 11 is 11.8. The molecule has 0 radical (unpaired) electrons. The molecule has 0 aliphatic rings. The van der Waals surface area contributed by atoms with Gasteiger partial charge in [-0.05, 0) is 42.5 Å². The predicted molar refractivity (Wildman–Crippen MR) is 93.3 cm³/mol. The predicted octanol–water partition coefficient (Wildman–Crippen LogP) is 2.92. The lowest BCUT2D eigenvalue weighted by Gasteiger charge is -2.11. The highest BCUT2D eigenvalue weighted by Crippen LogP contribution is 2.28. The summed E-state index contributed by atoms with van der Waals surface area (Å²) in [5.74, 6) is -0.113. The normalized spacial score (nSPS) is 11.0. The summed E-state index contributed by atoms with van der Waals surface area (Å²) in [6.07, 6.45) is 0. The van der Waals surface area contributed by atoms with Gasteiger partial charge in [0.15, 0.2) is 6.61 Å². The first-order chi connectivity index (χ1) is 11.3. The first-order valence-electron chi connectivity index (χ1n) is 6.73. The summed E-state index contributed by atoms with van der Waals surface area (Å²) in [6, 6.07) is 10.2. The molecule has 9 heteroatoms. The molecule has 24 heavy (non-hydrogen) atoms. The smallest absolute Gasteiger partial charge is 0.261 e. The second-order valence-corrected chi connectivity index (χ2v) is 7.19. The van der Waals surface area contributed by atoms with Crippen LogP contribution < -0.4 is 14.8 Å². The van der Waals surface area contributed by atoms with Crippen molar-refractivity contribution in [2.24, 2.45) is 0 Å². The zero-order chi connectivity index (χ0) is 17.7. The SMILES string of the molecule is CNC(=O)COc1ccc(S(=O)(=O)Nc2ccc(Cl)cc2)cc1Cl. The number of carbonyl (C=O) groups excluding carboxylic acids is 1. The molecule has 2 N–H and O–H groups in total. The Labute approximate surface area is 149 Å². The van der Waals surface area contributed by atoms with Crippen molar-refractivity contribution in [3.63, 3.8) is 0 Å². The maximum absolute atomic E-state index is 12.4. The summed E-state index contributed by atoms with van der Waals surface area (Å²) < 4.78 is 32.3. The van der Waals surface area contributed by atoms with Gasteiger partial charge in [-0.1, -0.05) is 23.2 Å². The molecular weight excluding hydrogens is 375 g/mol. The van der Waals surface area contributed by atoms with Gasteiger partial charge in [-0.25, -0.2) is 8.42 Å². The van der Waals surface area contributed by atoms with E-state index in [9.17, 15) is 13.2 Å². The second-order valence-electron chi connectivity index (χ2n) is 4.67. The van der Waals surface area contributed by atoms with E-state index in [2.05, 4.69) is 10.0 Å². The van der Waals surface area contributed by atoms with Gasteiger partial charge in [0.1, 0.15) is 5.75 Å². The molecule has 0 saturated carbocycles. The zero-order valence-electron chi connectivity index (χ0n) is 12.5. The fourth-order valence-corrected chi connectivity index (χ4v) is 3.22. The monoisotopic (exact) mass is 388 g/mol. The summed E-state index contributed by atoms with van der Waals surface area (Å²) in [5, 5.41) is 2.98. The van der Waals surface area contributed by atoms with E-state index in [-0.39, 0.29) is 28.2 Å². The quantitative estimate of drug-likeness (QED) is 0.796. The Hall–Kier alpha value is -1.96. The molecule has 2 aromatic rings. The minimum atomic E-state index is -3.81. The number of hydrogen-bond acceptors (Lipinski definition) is 4. The van der Waals surface area contributed by atoms with E-state index in [1.54, 1.807) is 24.3 Å². The highest BCUT2D eigenvalue weighted by atomic mass is 35.5. The Morgan fingerprint density at radius 1 is 1.12 bits per heavy atom. The lowest BCUT2D eigenvalue weighted by atomic mass is 10.3. The summed E-state index contributed by atoms with van der Waals surface area (Å²) in [7, 11) is -2.34. The van der Waals surface area contributed by atoms with Gasteiger partial charge >= 0.3 is 0 Å². The largest absolute Gasteiger partial charge is 0.482 e. The van der Waals surface area contributed by atoms with Gasteiger partial charge in [0, 0.05) is 17.8 Å². The van der Waals surface area contributed by atoms with Gasteiger partial charge in [-0.3, -0.25) is 9.52 Å². The van der Waals surface area contributed by atoms with Crippen LogP contribution in [0, 0.1) is 0 Å². The average molecular weight is 389 g/mol. The van der Waals surface area contributed by atoms with Gasteiger partial charge < -0.3 is 10.1 Å². The van der Waals surface area contributed by atoms with Crippen molar-refractivity contribution in [1.29, 1.82) is 0 Å². The molecule has 0 bridgehead atoms. The lowest BCUT2D eigenvalue weighted by Crippen LogP contribution is -2.24. The van der Waals surface area contributed by atoms with E-state index in [0.29, 0.717) is 10.7 Å². The third kappa shape index (κ3) is 4.77. The van der Waals surface area contributed by atoms with Gasteiger partial charge in [0.2, 0.25) is 0 Å². The molecule has 0 aliphatic carbocycles. The van der Waals surface area contributed by atoms with E-state index in [1.807, 2.05) is 0 Å². The van der Waals surface area contributed by atoms with Crippen LogP contribution in [0.15, 0.2) is 47.4 Å². The van der Waals surface area contributed by atoms with E-state index < -0.39 is 10.0 Å². The highest BCUT2D eigenvalue weighted by molar-refractivity contribution is 7.92. The first kappa shape index (κ1) is 18.4. The number of likely N-dealkylation sites (N-methyl/N-ethyl adjacent to an activating group) is 1. The highest BCUT2D eigenvalue weighted by Gasteiger charge is 2.16. The van der Waals surface area contributed by atoms with E-state index in [4.69, 9.17) is 27.9 Å². The summed E-state index contributed by atoms with van der Waals surface area (Å²) in [6.45, 7) is -0.217. The van der Waals surface area contributed by atoms with Gasteiger partial charge in [-0.15, -0.1) is 0 Å². The molecule has 0 atom stereocenters. The number of amides is 1. The number of rotatable bonds is 6. The van der Waals surface area contributed by atoms with Crippen LogP contribution in [-0.4, -0.2) is 28.0 Å². The van der Waals surface area contributed by atoms with Crippen molar-refractivity contribution < 1.29 is 17.9 Å². The molecule has 0 fully saturated rings. The Kier molecular flexibility index (Phi) is 5.93. The maximum Gasteiger partial charge on any atom is 0.261 e. The number of benzene rings is 2. The van der Waals surface area contributed by atoms with Crippen molar-refractivity contribution >= 4 is 44.8 Å². The van der Waals surface area contributed by atoms with Crippen LogP contribution in [0.25, 0.3) is 0 Å². The van der Waals surface area contributed by atoms with Gasteiger partial charge in [0.05, 0.1) is 9.92 Å². The van der Waals surface area contributed by atoms with Crippen LogP contribution in [-0.2, 0) is 14.8 Å². The molecule has 0 spiro atoms. The third-order valence-electron chi connectivity index (χ3n) is 2.95.